The number of aromatic nitrogens is 2. The van der Waals surface area contributed by atoms with Gasteiger partial charge >= 0.3 is 0 Å². The molecule has 0 spiro atoms. The molecule has 2 aliphatic rings. The van der Waals surface area contributed by atoms with Gasteiger partial charge < -0.3 is 24.7 Å². The molecule has 7 nitrogen and oxygen atoms in total. The molecule has 0 bridgehead atoms. The minimum atomic E-state index is 0.197. The number of nitrogen functional groups attached to an aromatic ring is 1. The van der Waals surface area contributed by atoms with Crippen LogP contribution in [0.3, 0.4) is 0 Å². The van der Waals surface area contributed by atoms with Crippen LogP contribution < -0.4 is 24.7 Å². The first-order valence-corrected chi connectivity index (χ1v) is 7.71. The summed E-state index contributed by atoms with van der Waals surface area (Å²) in [6, 6.07) is 13.2. The van der Waals surface area contributed by atoms with Gasteiger partial charge in [0.25, 0.3) is 0 Å². The maximum absolute atomic E-state index is 5.93. The fraction of sp³-hybridized carbons (Fsp3) is 0.111. The summed E-state index contributed by atoms with van der Waals surface area (Å²) in [5.74, 6) is 3.03. The number of ether oxygens (including phenoxy) is 4. The smallest absolute Gasteiger partial charge is 0.231 e. The first-order chi connectivity index (χ1) is 12.3. The SMILES string of the molecule is Nc1nc(-c2ccc3c(c2)OCO3)cc(-c2ccc3c(c2)OCO3)n1. The number of hydrogen-bond acceptors (Lipinski definition) is 7. The van der Waals surface area contributed by atoms with Crippen molar-refractivity contribution in [3.8, 4) is 45.5 Å². The molecule has 25 heavy (non-hydrogen) atoms. The number of hydrogen-bond donors (Lipinski definition) is 1. The quantitative estimate of drug-likeness (QED) is 0.770. The van der Waals surface area contributed by atoms with Gasteiger partial charge in [-0.15, -0.1) is 0 Å². The highest BCUT2D eigenvalue weighted by atomic mass is 16.7. The van der Waals surface area contributed by atoms with Gasteiger partial charge in [0.15, 0.2) is 23.0 Å². The maximum atomic E-state index is 5.93. The lowest BCUT2D eigenvalue weighted by atomic mass is 10.1. The van der Waals surface area contributed by atoms with Crippen LogP contribution in [0.1, 0.15) is 0 Å². The van der Waals surface area contributed by atoms with Crippen molar-refractivity contribution in [1.29, 1.82) is 0 Å². The predicted octanol–water partition coefficient (Wildman–Crippen LogP) is 2.85. The molecule has 2 aromatic carbocycles. The average Bonchev–Trinajstić information content (AvgIpc) is 3.28. The van der Waals surface area contributed by atoms with Crippen LogP contribution in [-0.4, -0.2) is 23.6 Å². The van der Waals surface area contributed by atoms with Crippen molar-refractivity contribution >= 4 is 5.95 Å². The van der Waals surface area contributed by atoms with Crippen LogP contribution in [0.25, 0.3) is 22.5 Å². The molecule has 0 atom stereocenters. The summed E-state index contributed by atoms with van der Waals surface area (Å²) in [6.45, 7) is 0.459. The van der Waals surface area contributed by atoms with Crippen molar-refractivity contribution in [2.75, 3.05) is 19.3 Å². The Balaban J connectivity index is 1.58. The molecule has 0 amide bonds. The molecule has 124 valence electrons. The second kappa shape index (κ2) is 5.27. The minimum absolute atomic E-state index is 0.197. The predicted molar refractivity (Wildman–Crippen MR) is 89.6 cm³/mol. The maximum Gasteiger partial charge on any atom is 0.231 e. The summed E-state index contributed by atoms with van der Waals surface area (Å²) in [7, 11) is 0. The van der Waals surface area contributed by atoms with E-state index in [9.17, 15) is 0 Å². The molecule has 7 heteroatoms. The molecule has 0 saturated heterocycles. The molecule has 0 saturated carbocycles. The second-order valence-electron chi connectivity index (χ2n) is 5.63. The summed E-state index contributed by atoms with van der Waals surface area (Å²) in [4.78, 5) is 8.68. The Hall–Kier alpha value is -3.48. The summed E-state index contributed by atoms with van der Waals surface area (Å²) in [5, 5.41) is 0. The minimum Gasteiger partial charge on any atom is -0.454 e. The van der Waals surface area contributed by atoms with E-state index in [1.54, 1.807) is 0 Å². The molecular formula is C18H13N3O4. The van der Waals surface area contributed by atoms with E-state index in [1.807, 2.05) is 42.5 Å². The monoisotopic (exact) mass is 335 g/mol. The third-order valence-corrected chi connectivity index (χ3v) is 4.08. The zero-order valence-corrected chi connectivity index (χ0v) is 13.1. The topological polar surface area (TPSA) is 88.7 Å². The van der Waals surface area contributed by atoms with Crippen molar-refractivity contribution in [2.45, 2.75) is 0 Å². The number of anilines is 1. The van der Waals surface area contributed by atoms with Crippen molar-refractivity contribution in [1.82, 2.24) is 9.97 Å². The molecule has 5 rings (SSSR count). The Morgan fingerprint density at radius 1 is 0.640 bits per heavy atom. The molecule has 0 unspecified atom stereocenters. The number of nitrogens with two attached hydrogens (primary N) is 1. The number of rotatable bonds is 2. The van der Waals surface area contributed by atoms with Crippen LogP contribution in [-0.2, 0) is 0 Å². The first-order valence-electron chi connectivity index (χ1n) is 7.71. The van der Waals surface area contributed by atoms with Crippen LogP contribution in [0.5, 0.6) is 23.0 Å². The van der Waals surface area contributed by atoms with E-state index < -0.39 is 0 Å². The van der Waals surface area contributed by atoms with Gasteiger partial charge in [0.2, 0.25) is 19.5 Å². The molecule has 2 aliphatic heterocycles. The third kappa shape index (κ3) is 2.37. The molecule has 1 aromatic heterocycles. The van der Waals surface area contributed by atoms with Crippen molar-refractivity contribution in [3.63, 3.8) is 0 Å². The van der Waals surface area contributed by atoms with E-state index >= 15 is 0 Å². The molecule has 3 aromatic rings. The first kappa shape index (κ1) is 13.9. The van der Waals surface area contributed by atoms with Gasteiger partial charge in [0.1, 0.15) is 0 Å². The van der Waals surface area contributed by atoms with Crippen molar-refractivity contribution in [2.24, 2.45) is 0 Å². The Morgan fingerprint density at radius 3 is 1.64 bits per heavy atom. The fourth-order valence-corrected chi connectivity index (χ4v) is 2.87. The summed E-state index contributed by atoms with van der Waals surface area (Å²) < 4.78 is 21.5. The van der Waals surface area contributed by atoms with E-state index in [0.29, 0.717) is 22.9 Å². The van der Waals surface area contributed by atoms with Gasteiger partial charge in [0.05, 0.1) is 11.4 Å². The Bertz CT molecular complexity index is 914. The molecular weight excluding hydrogens is 322 g/mol. The van der Waals surface area contributed by atoms with Gasteiger partial charge in [-0.1, -0.05) is 0 Å². The Labute approximate surface area is 142 Å². The highest BCUT2D eigenvalue weighted by Gasteiger charge is 2.17. The molecule has 0 radical (unpaired) electrons. The summed E-state index contributed by atoms with van der Waals surface area (Å²) in [6.07, 6.45) is 0. The lowest BCUT2D eigenvalue weighted by Crippen LogP contribution is -1.98. The van der Waals surface area contributed by atoms with E-state index in [4.69, 9.17) is 24.7 Å². The number of fused-ring (bicyclic) bond motifs is 2. The van der Waals surface area contributed by atoms with E-state index in [0.717, 1.165) is 22.6 Å². The lowest BCUT2D eigenvalue weighted by molar-refractivity contribution is 0.173. The highest BCUT2D eigenvalue weighted by molar-refractivity contribution is 5.72. The average molecular weight is 335 g/mol. The van der Waals surface area contributed by atoms with Crippen LogP contribution in [0.15, 0.2) is 42.5 Å². The lowest BCUT2D eigenvalue weighted by Gasteiger charge is -2.08. The van der Waals surface area contributed by atoms with E-state index in [1.165, 1.54) is 0 Å². The molecule has 3 heterocycles. The van der Waals surface area contributed by atoms with Crippen molar-refractivity contribution < 1.29 is 18.9 Å². The van der Waals surface area contributed by atoms with E-state index in [2.05, 4.69) is 9.97 Å². The second-order valence-corrected chi connectivity index (χ2v) is 5.63. The fourth-order valence-electron chi connectivity index (χ4n) is 2.87. The Morgan fingerprint density at radius 2 is 1.12 bits per heavy atom. The third-order valence-electron chi connectivity index (χ3n) is 4.08. The standard InChI is InChI=1S/C18H13N3O4/c19-18-20-12(10-1-3-14-16(5-10)24-8-22-14)7-13(21-18)11-2-4-15-17(6-11)25-9-23-15/h1-7H,8-9H2,(H2,19,20,21). The normalized spacial score (nSPS) is 13.9. The van der Waals surface area contributed by atoms with Crippen molar-refractivity contribution in [3.05, 3.63) is 42.5 Å². The summed E-state index contributed by atoms with van der Waals surface area (Å²) >= 11 is 0. The molecule has 0 fully saturated rings. The number of nitrogens with zero attached hydrogens (tertiary/aromatic N) is 2. The zero-order valence-electron chi connectivity index (χ0n) is 13.1. The highest BCUT2D eigenvalue weighted by Crippen LogP contribution is 2.38. The van der Waals surface area contributed by atoms with Crippen LogP contribution in [0.2, 0.25) is 0 Å². The van der Waals surface area contributed by atoms with Gasteiger partial charge in [-0.05, 0) is 42.5 Å². The van der Waals surface area contributed by atoms with Crippen LogP contribution in [0, 0.1) is 0 Å². The Kier molecular flexibility index (Phi) is 2.93. The van der Waals surface area contributed by atoms with Crippen LogP contribution >= 0.6 is 0 Å². The van der Waals surface area contributed by atoms with Crippen LogP contribution in [0.4, 0.5) is 5.95 Å². The largest absolute Gasteiger partial charge is 0.454 e. The van der Waals surface area contributed by atoms with E-state index in [-0.39, 0.29) is 19.5 Å². The van der Waals surface area contributed by atoms with Gasteiger partial charge in [-0.25, -0.2) is 9.97 Å². The zero-order chi connectivity index (χ0) is 16.8. The van der Waals surface area contributed by atoms with Gasteiger partial charge in [-0.3, -0.25) is 0 Å². The van der Waals surface area contributed by atoms with Gasteiger partial charge in [0, 0.05) is 11.1 Å². The molecule has 2 N–H and O–H groups in total. The molecule has 0 aliphatic carbocycles. The number of benzene rings is 2. The summed E-state index contributed by atoms with van der Waals surface area (Å²) in [5.41, 5.74) is 9.09. The van der Waals surface area contributed by atoms with Gasteiger partial charge in [-0.2, -0.15) is 0 Å².